The Kier molecular flexibility index (Phi) is 5.05. The highest BCUT2D eigenvalue weighted by Gasteiger charge is 2.11. The highest BCUT2D eigenvalue weighted by molar-refractivity contribution is 5.90. The number of halogens is 1. The maximum atomic E-state index is 12.8. The number of amides is 2. The first-order valence-electron chi connectivity index (χ1n) is 7.91. The Bertz CT molecular complexity index is 707. The van der Waals surface area contributed by atoms with Crippen molar-refractivity contribution in [2.45, 2.75) is 12.8 Å². The molecular weight excluding hydrogens is 307 g/mol. The molecule has 3 rings (SSSR count). The summed E-state index contributed by atoms with van der Waals surface area (Å²) in [6.45, 7) is 2.22. The molecule has 24 heavy (non-hydrogen) atoms. The van der Waals surface area contributed by atoms with E-state index in [2.05, 4.69) is 32.9 Å². The predicted octanol–water partition coefficient (Wildman–Crippen LogP) is 3.58. The van der Waals surface area contributed by atoms with Crippen LogP contribution < -0.4 is 15.6 Å². The lowest BCUT2D eigenvalue weighted by atomic mass is 10.2. The minimum absolute atomic E-state index is 0.351. The summed E-state index contributed by atoms with van der Waals surface area (Å²) in [7, 11) is 0. The zero-order valence-corrected chi connectivity index (χ0v) is 13.2. The van der Waals surface area contributed by atoms with Crippen molar-refractivity contribution in [1.82, 2.24) is 5.43 Å². The smallest absolute Gasteiger partial charge is 0.339 e. The van der Waals surface area contributed by atoms with Crippen LogP contribution in [0.3, 0.4) is 0 Å². The Hall–Kier alpha value is -2.89. The molecule has 1 aliphatic heterocycles. The average Bonchev–Trinajstić information content (AvgIpc) is 3.12. The number of carbonyl (C=O) groups is 1. The zero-order chi connectivity index (χ0) is 16.8. The molecular formula is C18H19FN4O. The SMILES string of the molecule is O=C(N/N=C/c1ccc(N2CCCC2)cc1)Nc1ccc(F)cc1. The van der Waals surface area contributed by atoms with Gasteiger partial charge in [0.2, 0.25) is 0 Å². The summed E-state index contributed by atoms with van der Waals surface area (Å²) in [5.41, 5.74) is 5.00. The molecule has 0 aromatic heterocycles. The lowest BCUT2D eigenvalue weighted by Crippen LogP contribution is -2.24. The first-order chi connectivity index (χ1) is 11.7. The molecule has 0 bridgehead atoms. The van der Waals surface area contributed by atoms with E-state index in [4.69, 9.17) is 0 Å². The molecule has 2 aromatic carbocycles. The molecule has 0 atom stereocenters. The van der Waals surface area contributed by atoms with Gasteiger partial charge in [-0.05, 0) is 54.8 Å². The van der Waals surface area contributed by atoms with E-state index in [1.165, 1.54) is 42.8 Å². The van der Waals surface area contributed by atoms with Crippen LogP contribution in [0, 0.1) is 5.82 Å². The highest BCUT2D eigenvalue weighted by Crippen LogP contribution is 2.19. The van der Waals surface area contributed by atoms with Gasteiger partial charge in [0.05, 0.1) is 6.21 Å². The normalized spacial score (nSPS) is 14.1. The summed E-state index contributed by atoms with van der Waals surface area (Å²) < 4.78 is 12.8. The summed E-state index contributed by atoms with van der Waals surface area (Å²) in [5.74, 6) is -0.351. The van der Waals surface area contributed by atoms with Crippen molar-refractivity contribution in [3.63, 3.8) is 0 Å². The number of hydrogen-bond donors (Lipinski definition) is 2. The van der Waals surface area contributed by atoms with Gasteiger partial charge in [0, 0.05) is 24.5 Å². The first-order valence-corrected chi connectivity index (χ1v) is 7.91. The fourth-order valence-electron chi connectivity index (χ4n) is 2.60. The second-order valence-corrected chi connectivity index (χ2v) is 5.62. The van der Waals surface area contributed by atoms with E-state index >= 15 is 0 Å². The van der Waals surface area contributed by atoms with E-state index in [-0.39, 0.29) is 5.82 Å². The largest absolute Gasteiger partial charge is 0.372 e. The number of anilines is 2. The molecule has 1 fully saturated rings. The van der Waals surface area contributed by atoms with Crippen LogP contribution in [-0.4, -0.2) is 25.3 Å². The maximum absolute atomic E-state index is 12.8. The monoisotopic (exact) mass is 326 g/mol. The fraction of sp³-hybridized carbons (Fsp3) is 0.222. The van der Waals surface area contributed by atoms with Crippen molar-refractivity contribution >= 4 is 23.6 Å². The number of nitrogens with zero attached hydrogens (tertiary/aromatic N) is 2. The van der Waals surface area contributed by atoms with Crippen LogP contribution in [-0.2, 0) is 0 Å². The molecule has 0 unspecified atom stereocenters. The van der Waals surface area contributed by atoms with Gasteiger partial charge in [-0.3, -0.25) is 0 Å². The van der Waals surface area contributed by atoms with E-state index in [1.54, 1.807) is 6.21 Å². The van der Waals surface area contributed by atoms with Gasteiger partial charge in [0.1, 0.15) is 5.82 Å². The average molecular weight is 326 g/mol. The van der Waals surface area contributed by atoms with Crippen molar-refractivity contribution in [3.8, 4) is 0 Å². The highest BCUT2D eigenvalue weighted by atomic mass is 19.1. The van der Waals surface area contributed by atoms with E-state index in [0.29, 0.717) is 5.69 Å². The third kappa shape index (κ3) is 4.32. The molecule has 124 valence electrons. The van der Waals surface area contributed by atoms with Crippen LogP contribution in [0.2, 0.25) is 0 Å². The molecule has 1 saturated heterocycles. The van der Waals surface area contributed by atoms with Crippen LogP contribution in [0.5, 0.6) is 0 Å². The van der Waals surface area contributed by atoms with Gasteiger partial charge in [0.25, 0.3) is 0 Å². The number of hydrazone groups is 1. The van der Waals surface area contributed by atoms with Gasteiger partial charge in [-0.15, -0.1) is 0 Å². The number of nitrogens with one attached hydrogen (secondary N) is 2. The number of carbonyl (C=O) groups excluding carboxylic acids is 1. The summed E-state index contributed by atoms with van der Waals surface area (Å²) in [5, 5.41) is 6.47. The van der Waals surface area contributed by atoms with Gasteiger partial charge in [-0.1, -0.05) is 12.1 Å². The number of urea groups is 1. The fourth-order valence-corrected chi connectivity index (χ4v) is 2.60. The molecule has 0 radical (unpaired) electrons. The second-order valence-electron chi connectivity index (χ2n) is 5.62. The molecule has 1 aliphatic rings. The lowest BCUT2D eigenvalue weighted by Gasteiger charge is -2.17. The first kappa shape index (κ1) is 16.0. The molecule has 6 heteroatoms. The van der Waals surface area contributed by atoms with Crippen LogP contribution in [0.4, 0.5) is 20.6 Å². The number of rotatable bonds is 4. The Balaban J connectivity index is 1.50. The third-order valence-corrected chi connectivity index (χ3v) is 3.85. The van der Waals surface area contributed by atoms with Gasteiger partial charge in [0.15, 0.2) is 0 Å². The predicted molar refractivity (Wildman–Crippen MR) is 94.0 cm³/mol. The standard InChI is InChI=1S/C18H19FN4O/c19-15-5-7-16(8-6-15)21-18(24)22-20-13-14-3-9-17(10-4-14)23-11-1-2-12-23/h3-10,13H,1-2,11-12H2,(H2,21,22,24)/b20-13+. The van der Waals surface area contributed by atoms with Crippen molar-refractivity contribution in [2.24, 2.45) is 5.10 Å². The van der Waals surface area contributed by atoms with Crippen molar-refractivity contribution in [2.75, 3.05) is 23.3 Å². The van der Waals surface area contributed by atoms with Crippen LogP contribution in [0.1, 0.15) is 18.4 Å². The Morgan fingerprint density at radius 2 is 1.71 bits per heavy atom. The van der Waals surface area contributed by atoms with Crippen LogP contribution in [0.15, 0.2) is 53.6 Å². The molecule has 2 aromatic rings. The zero-order valence-electron chi connectivity index (χ0n) is 13.2. The van der Waals surface area contributed by atoms with Crippen molar-refractivity contribution in [1.29, 1.82) is 0 Å². The van der Waals surface area contributed by atoms with Gasteiger partial charge >= 0.3 is 6.03 Å². The van der Waals surface area contributed by atoms with Crippen molar-refractivity contribution in [3.05, 3.63) is 59.9 Å². The Morgan fingerprint density at radius 3 is 2.38 bits per heavy atom. The molecule has 0 spiro atoms. The minimum atomic E-state index is -0.480. The summed E-state index contributed by atoms with van der Waals surface area (Å²) in [6.07, 6.45) is 4.07. The van der Waals surface area contributed by atoms with Crippen molar-refractivity contribution < 1.29 is 9.18 Å². The lowest BCUT2D eigenvalue weighted by molar-refractivity contribution is 0.252. The number of hydrogen-bond acceptors (Lipinski definition) is 3. The topological polar surface area (TPSA) is 56.7 Å². The molecule has 2 amide bonds. The Labute approximate surface area is 140 Å². The van der Waals surface area contributed by atoms with E-state index in [1.807, 2.05) is 12.1 Å². The number of benzene rings is 2. The molecule has 1 heterocycles. The molecule has 5 nitrogen and oxygen atoms in total. The summed E-state index contributed by atoms with van der Waals surface area (Å²) >= 11 is 0. The van der Waals surface area contributed by atoms with E-state index in [0.717, 1.165) is 18.7 Å². The van der Waals surface area contributed by atoms with E-state index in [9.17, 15) is 9.18 Å². The summed E-state index contributed by atoms with van der Waals surface area (Å²) in [4.78, 5) is 14.0. The molecule has 0 saturated carbocycles. The van der Waals surface area contributed by atoms with Gasteiger partial charge in [-0.25, -0.2) is 14.6 Å². The second kappa shape index (κ2) is 7.59. The van der Waals surface area contributed by atoms with E-state index < -0.39 is 6.03 Å². The summed E-state index contributed by atoms with van der Waals surface area (Å²) in [6, 6.07) is 13.1. The van der Waals surface area contributed by atoms with Crippen LogP contribution >= 0.6 is 0 Å². The van der Waals surface area contributed by atoms with Gasteiger partial charge in [-0.2, -0.15) is 5.10 Å². The molecule has 2 N–H and O–H groups in total. The van der Waals surface area contributed by atoms with Crippen LogP contribution in [0.25, 0.3) is 0 Å². The quantitative estimate of drug-likeness (QED) is 0.666. The minimum Gasteiger partial charge on any atom is -0.372 e. The maximum Gasteiger partial charge on any atom is 0.339 e. The molecule has 0 aliphatic carbocycles. The Morgan fingerprint density at radius 1 is 1.04 bits per heavy atom. The van der Waals surface area contributed by atoms with Gasteiger partial charge < -0.3 is 10.2 Å². The third-order valence-electron chi connectivity index (χ3n) is 3.85.